The number of hydrogen-bond donors (Lipinski definition) is 2. The van der Waals surface area contributed by atoms with Gasteiger partial charge < -0.3 is 20.1 Å². The van der Waals surface area contributed by atoms with E-state index in [4.69, 9.17) is 9.47 Å². The molecule has 2 N–H and O–H groups in total. The number of aromatic nitrogens is 2. The van der Waals surface area contributed by atoms with Gasteiger partial charge in [-0.25, -0.2) is 9.97 Å². The molecule has 0 aliphatic carbocycles. The van der Waals surface area contributed by atoms with E-state index in [0.29, 0.717) is 28.4 Å². The molecule has 1 aliphatic rings. The number of carbonyl (C=O) groups excluding carboxylic acids is 1. The normalized spacial score (nSPS) is 11.8. The second kappa shape index (κ2) is 7.43. The summed E-state index contributed by atoms with van der Waals surface area (Å²) in [5, 5.41) is 17.5. The zero-order valence-electron chi connectivity index (χ0n) is 15.2. The van der Waals surface area contributed by atoms with E-state index in [0.717, 1.165) is 0 Å². The summed E-state index contributed by atoms with van der Waals surface area (Å²) in [4.78, 5) is 30.7. The van der Waals surface area contributed by atoms with Crippen LogP contribution in [0, 0.1) is 10.1 Å². The molecule has 0 amide bonds. The number of anilines is 4. The molecular weight excluding hydrogens is 378 g/mol. The summed E-state index contributed by atoms with van der Waals surface area (Å²) in [6.07, 6.45) is 1.21. The molecule has 10 nitrogen and oxygen atoms in total. The predicted octanol–water partition coefficient (Wildman–Crippen LogP) is 3.80. The highest BCUT2D eigenvalue weighted by Gasteiger charge is 2.24. The lowest BCUT2D eigenvalue weighted by molar-refractivity contribution is -0.383. The van der Waals surface area contributed by atoms with Crippen LogP contribution in [-0.4, -0.2) is 27.5 Å². The molecular formula is C19H15N5O5. The van der Waals surface area contributed by atoms with Crippen LogP contribution in [0.25, 0.3) is 0 Å². The molecule has 10 heteroatoms. The van der Waals surface area contributed by atoms with Crippen LogP contribution >= 0.6 is 0 Å². The highest BCUT2D eigenvalue weighted by molar-refractivity contribution is 5.95. The van der Waals surface area contributed by atoms with Crippen LogP contribution in [0.5, 0.6) is 11.5 Å². The predicted molar refractivity (Wildman–Crippen MR) is 104 cm³/mol. The Labute approximate surface area is 164 Å². The van der Waals surface area contributed by atoms with Crippen LogP contribution in [-0.2, 0) is 0 Å². The first-order valence-electron chi connectivity index (χ1n) is 8.55. The third-order valence-corrected chi connectivity index (χ3v) is 4.17. The van der Waals surface area contributed by atoms with E-state index in [1.165, 1.54) is 13.3 Å². The van der Waals surface area contributed by atoms with Crippen LogP contribution in [0.1, 0.15) is 17.3 Å². The zero-order valence-corrected chi connectivity index (χ0v) is 15.2. The molecule has 0 saturated carbocycles. The Morgan fingerprint density at radius 2 is 1.72 bits per heavy atom. The fraction of sp³-hybridized carbons (Fsp3) is 0.105. The van der Waals surface area contributed by atoms with Gasteiger partial charge in [0.05, 0.1) is 4.92 Å². The van der Waals surface area contributed by atoms with Crippen molar-refractivity contribution in [2.45, 2.75) is 6.92 Å². The summed E-state index contributed by atoms with van der Waals surface area (Å²) in [6.45, 7) is 1.57. The van der Waals surface area contributed by atoms with Crippen molar-refractivity contribution in [2.75, 3.05) is 17.4 Å². The topological polar surface area (TPSA) is 129 Å². The van der Waals surface area contributed by atoms with Gasteiger partial charge in [-0.05, 0) is 31.2 Å². The maximum atomic E-state index is 11.7. The van der Waals surface area contributed by atoms with Crippen LogP contribution in [0.15, 0.2) is 48.8 Å². The highest BCUT2D eigenvalue weighted by Crippen LogP contribution is 2.37. The van der Waals surface area contributed by atoms with Gasteiger partial charge in [-0.1, -0.05) is 12.1 Å². The first-order chi connectivity index (χ1) is 14.0. The number of Topliss-reactive ketones (excluding diaryl/α,β-unsaturated/α-hetero) is 1. The van der Waals surface area contributed by atoms with Gasteiger partial charge in [-0.15, -0.1) is 0 Å². The summed E-state index contributed by atoms with van der Waals surface area (Å²) in [6, 6.07) is 11.7. The van der Waals surface area contributed by atoms with Gasteiger partial charge in [0.1, 0.15) is 6.33 Å². The highest BCUT2D eigenvalue weighted by atomic mass is 16.7. The lowest BCUT2D eigenvalue weighted by atomic mass is 10.1. The molecule has 0 saturated heterocycles. The molecule has 1 aliphatic heterocycles. The smallest absolute Gasteiger partial charge is 0.353 e. The second-order valence-corrected chi connectivity index (χ2v) is 6.13. The Kier molecular flexibility index (Phi) is 4.65. The molecule has 3 aromatic rings. The van der Waals surface area contributed by atoms with Gasteiger partial charge >= 0.3 is 5.69 Å². The molecule has 4 rings (SSSR count). The lowest BCUT2D eigenvalue weighted by Crippen LogP contribution is -2.06. The maximum Gasteiger partial charge on any atom is 0.353 e. The van der Waals surface area contributed by atoms with E-state index in [9.17, 15) is 14.9 Å². The SMILES string of the molecule is CC(=O)c1cccc(Nc2ncnc(Nc3ccc4c(c3)OCO4)c2[N+](=O)[O-])c1. The number of nitrogens with one attached hydrogen (secondary N) is 2. The molecule has 0 bridgehead atoms. The molecule has 29 heavy (non-hydrogen) atoms. The number of nitro groups is 1. The number of fused-ring (bicyclic) bond motifs is 1. The Morgan fingerprint density at radius 3 is 2.41 bits per heavy atom. The maximum absolute atomic E-state index is 11.7. The minimum Gasteiger partial charge on any atom is -0.454 e. The van der Waals surface area contributed by atoms with Gasteiger partial charge in [0.25, 0.3) is 0 Å². The summed E-state index contributed by atoms with van der Waals surface area (Å²) in [7, 11) is 0. The first-order valence-corrected chi connectivity index (χ1v) is 8.55. The van der Waals surface area contributed by atoms with Crippen molar-refractivity contribution in [3.8, 4) is 11.5 Å². The quantitative estimate of drug-likeness (QED) is 0.365. The van der Waals surface area contributed by atoms with Crippen LogP contribution in [0.4, 0.5) is 28.7 Å². The summed E-state index contributed by atoms with van der Waals surface area (Å²) in [5.74, 6) is 1.02. The zero-order chi connectivity index (χ0) is 20.4. The fourth-order valence-electron chi connectivity index (χ4n) is 2.80. The van der Waals surface area contributed by atoms with Crippen molar-refractivity contribution in [3.05, 3.63) is 64.5 Å². The van der Waals surface area contributed by atoms with Gasteiger partial charge in [0, 0.05) is 23.0 Å². The van der Waals surface area contributed by atoms with E-state index in [1.54, 1.807) is 42.5 Å². The molecule has 2 heterocycles. The summed E-state index contributed by atoms with van der Waals surface area (Å²) >= 11 is 0. The fourth-order valence-corrected chi connectivity index (χ4v) is 2.80. The number of ether oxygens (including phenoxy) is 2. The van der Waals surface area contributed by atoms with Gasteiger partial charge in [0.2, 0.25) is 18.4 Å². The van der Waals surface area contributed by atoms with Gasteiger partial charge in [0.15, 0.2) is 17.3 Å². The second-order valence-electron chi connectivity index (χ2n) is 6.13. The molecule has 0 spiro atoms. The Bertz CT molecular complexity index is 1120. The molecule has 146 valence electrons. The minimum atomic E-state index is -0.577. The van der Waals surface area contributed by atoms with Crippen LogP contribution < -0.4 is 20.1 Å². The molecule has 0 atom stereocenters. The van der Waals surface area contributed by atoms with E-state index in [2.05, 4.69) is 20.6 Å². The number of ketones is 1. The Morgan fingerprint density at radius 1 is 1.03 bits per heavy atom. The Hall–Kier alpha value is -4.21. The average molecular weight is 393 g/mol. The van der Waals surface area contributed by atoms with Crippen molar-refractivity contribution in [3.63, 3.8) is 0 Å². The van der Waals surface area contributed by atoms with Crippen molar-refractivity contribution in [1.82, 2.24) is 9.97 Å². The molecule has 0 fully saturated rings. The number of carbonyl (C=O) groups is 1. The largest absolute Gasteiger partial charge is 0.454 e. The molecule has 1 aromatic heterocycles. The van der Waals surface area contributed by atoms with E-state index >= 15 is 0 Å². The third-order valence-electron chi connectivity index (χ3n) is 4.17. The standard InChI is InChI=1S/C19H15N5O5/c1-11(25)12-3-2-4-13(7-12)22-18-17(24(26)27)19(21-9-20-18)23-14-5-6-15-16(8-14)29-10-28-15/h2-9H,10H2,1H3,(H2,20,21,22,23). The van der Waals surface area contributed by atoms with Crippen LogP contribution in [0.2, 0.25) is 0 Å². The number of nitrogens with zero attached hydrogens (tertiary/aromatic N) is 3. The third kappa shape index (κ3) is 3.76. The van der Waals surface area contributed by atoms with Crippen molar-refractivity contribution in [2.24, 2.45) is 0 Å². The minimum absolute atomic E-state index is 0.00561. The van der Waals surface area contributed by atoms with Gasteiger partial charge in [-0.2, -0.15) is 0 Å². The van der Waals surface area contributed by atoms with Gasteiger partial charge in [-0.3, -0.25) is 14.9 Å². The van der Waals surface area contributed by atoms with Crippen LogP contribution in [0.3, 0.4) is 0 Å². The van der Waals surface area contributed by atoms with E-state index in [-0.39, 0.29) is 29.9 Å². The van der Waals surface area contributed by atoms with Crippen molar-refractivity contribution in [1.29, 1.82) is 0 Å². The number of benzene rings is 2. The Balaban J connectivity index is 1.67. The molecule has 0 unspecified atom stereocenters. The van der Waals surface area contributed by atoms with E-state index < -0.39 is 4.92 Å². The van der Waals surface area contributed by atoms with E-state index in [1.807, 2.05) is 0 Å². The monoisotopic (exact) mass is 393 g/mol. The first kappa shape index (κ1) is 18.2. The lowest BCUT2D eigenvalue weighted by Gasteiger charge is -2.11. The summed E-state index contributed by atoms with van der Waals surface area (Å²) in [5.41, 5.74) is 1.18. The number of hydrogen-bond acceptors (Lipinski definition) is 9. The van der Waals surface area contributed by atoms with Crippen molar-refractivity contribution >= 4 is 34.5 Å². The molecule has 0 radical (unpaired) electrons. The summed E-state index contributed by atoms with van der Waals surface area (Å²) < 4.78 is 10.6. The average Bonchev–Trinajstić information content (AvgIpc) is 3.16. The number of rotatable bonds is 6. The van der Waals surface area contributed by atoms with Crippen molar-refractivity contribution < 1.29 is 19.2 Å². The molecule has 2 aromatic carbocycles.